The molecule has 21 heavy (non-hydrogen) atoms. The van der Waals surface area contributed by atoms with Crippen LogP contribution < -0.4 is 5.32 Å². The molecule has 0 saturated carbocycles. The van der Waals surface area contributed by atoms with Crippen LogP contribution in [0.5, 0.6) is 0 Å². The molecule has 1 amide bonds. The van der Waals surface area contributed by atoms with Crippen LogP contribution in [0.4, 0.5) is 5.69 Å². The van der Waals surface area contributed by atoms with Crippen LogP contribution in [0.2, 0.25) is 5.02 Å². The molecule has 0 heterocycles. The highest BCUT2D eigenvalue weighted by atomic mass is 35.5. The van der Waals surface area contributed by atoms with E-state index in [9.17, 15) is 4.79 Å². The predicted octanol–water partition coefficient (Wildman–Crippen LogP) is 4.95. The summed E-state index contributed by atoms with van der Waals surface area (Å²) in [6, 6.07) is 13.5. The first-order chi connectivity index (χ1) is 9.97. The molecule has 0 aliphatic heterocycles. The van der Waals surface area contributed by atoms with E-state index in [1.807, 2.05) is 31.2 Å². The molecule has 2 rings (SSSR count). The van der Waals surface area contributed by atoms with Crippen LogP contribution in [-0.2, 0) is 11.2 Å². The van der Waals surface area contributed by atoms with Crippen molar-refractivity contribution in [2.75, 3.05) is 5.32 Å². The number of carbonyl (C=O) groups excluding carboxylic acids is 1. The van der Waals surface area contributed by atoms with Crippen LogP contribution >= 0.6 is 11.6 Å². The van der Waals surface area contributed by atoms with Crippen LogP contribution in [0.1, 0.15) is 36.5 Å². The molecule has 0 fully saturated rings. The zero-order valence-electron chi connectivity index (χ0n) is 12.6. The molecule has 2 nitrogen and oxygen atoms in total. The Balaban J connectivity index is 2.14. The zero-order valence-corrected chi connectivity index (χ0v) is 13.4. The number of nitrogens with one attached hydrogen (secondary N) is 1. The lowest BCUT2D eigenvalue weighted by atomic mass is 9.98. The van der Waals surface area contributed by atoms with Gasteiger partial charge >= 0.3 is 0 Å². The maximum Gasteiger partial charge on any atom is 0.228 e. The van der Waals surface area contributed by atoms with Gasteiger partial charge in [0.1, 0.15) is 0 Å². The van der Waals surface area contributed by atoms with Gasteiger partial charge in [-0.2, -0.15) is 0 Å². The minimum atomic E-state index is -0.00600. The number of rotatable bonds is 4. The van der Waals surface area contributed by atoms with Crippen molar-refractivity contribution in [1.82, 2.24) is 0 Å². The topological polar surface area (TPSA) is 29.1 Å². The summed E-state index contributed by atoms with van der Waals surface area (Å²) in [6.45, 7) is 6.27. The molecule has 1 N–H and O–H groups in total. The van der Waals surface area contributed by atoms with Crippen molar-refractivity contribution in [2.45, 2.75) is 33.1 Å². The second-order valence-electron chi connectivity index (χ2n) is 5.55. The minimum absolute atomic E-state index is 0.00600. The summed E-state index contributed by atoms with van der Waals surface area (Å²) in [7, 11) is 0. The number of hydrogen-bond acceptors (Lipinski definition) is 1. The molecule has 2 aromatic rings. The SMILES string of the molecule is Cc1cccc(C(C)C)c1NC(=O)Cc1ccc(Cl)cc1. The van der Waals surface area contributed by atoms with Gasteiger partial charge in [-0.15, -0.1) is 0 Å². The Hall–Kier alpha value is -1.80. The van der Waals surface area contributed by atoms with Gasteiger partial charge in [0.2, 0.25) is 5.91 Å². The van der Waals surface area contributed by atoms with Crippen LogP contribution in [0.25, 0.3) is 0 Å². The average Bonchev–Trinajstić information content (AvgIpc) is 2.43. The highest BCUT2D eigenvalue weighted by Gasteiger charge is 2.12. The first-order valence-electron chi connectivity index (χ1n) is 7.11. The van der Waals surface area contributed by atoms with Gasteiger partial charge in [-0.05, 0) is 41.7 Å². The third-order valence-corrected chi connectivity index (χ3v) is 3.72. The summed E-state index contributed by atoms with van der Waals surface area (Å²) in [5.74, 6) is 0.365. The van der Waals surface area contributed by atoms with Crippen molar-refractivity contribution in [3.8, 4) is 0 Å². The normalized spacial score (nSPS) is 10.7. The van der Waals surface area contributed by atoms with Crippen LogP contribution in [0, 0.1) is 6.92 Å². The van der Waals surface area contributed by atoms with Crippen molar-refractivity contribution in [1.29, 1.82) is 0 Å². The van der Waals surface area contributed by atoms with E-state index in [-0.39, 0.29) is 5.91 Å². The van der Waals surface area contributed by atoms with Crippen molar-refractivity contribution in [3.05, 3.63) is 64.2 Å². The van der Waals surface area contributed by atoms with Crippen molar-refractivity contribution in [3.63, 3.8) is 0 Å². The second-order valence-corrected chi connectivity index (χ2v) is 5.98. The van der Waals surface area contributed by atoms with Crippen molar-refractivity contribution >= 4 is 23.2 Å². The number of aryl methyl sites for hydroxylation is 1. The predicted molar refractivity (Wildman–Crippen MR) is 89.1 cm³/mol. The fourth-order valence-corrected chi connectivity index (χ4v) is 2.44. The number of carbonyl (C=O) groups is 1. The van der Waals surface area contributed by atoms with Gasteiger partial charge in [-0.25, -0.2) is 0 Å². The van der Waals surface area contributed by atoms with Crippen molar-refractivity contribution < 1.29 is 4.79 Å². The fourth-order valence-electron chi connectivity index (χ4n) is 2.31. The highest BCUT2D eigenvalue weighted by Crippen LogP contribution is 2.27. The lowest BCUT2D eigenvalue weighted by Crippen LogP contribution is -2.16. The van der Waals surface area contributed by atoms with Gasteiger partial charge in [0.25, 0.3) is 0 Å². The van der Waals surface area contributed by atoms with E-state index in [0.29, 0.717) is 17.4 Å². The fraction of sp³-hybridized carbons (Fsp3) is 0.278. The van der Waals surface area contributed by atoms with E-state index in [4.69, 9.17) is 11.6 Å². The van der Waals surface area contributed by atoms with Gasteiger partial charge in [0, 0.05) is 10.7 Å². The third kappa shape index (κ3) is 4.08. The Morgan fingerprint density at radius 3 is 2.43 bits per heavy atom. The third-order valence-electron chi connectivity index (χ3n) is 3.47. The van der Waals surface area contributed by atoms with Gasteiger partial charge in [-0.1, -0.05) is 55.8 Å². The van der Waals surface area contributed by atoms with Gasteiger partial charge in [0.05, 0.1) is 6.42 Å². The smallest absolute Gasteiger partial charge is 0.228 e. The molecule has 0 radical (unpaired) electrons. The molecule has 2 aromatic carbocycles. The van der Waals surface area contributed by atoms with Gasteiger partial charge in [0.15, 0.2) is 0 Å². The van der Waals surface area contributed by atoms with Gasteiger partial charge in [-0.3, -0.25) is 4.79 Å². The minimum Gasteiger partial charge on any atom is -0.325 e. The number of hydrogen-bond donors (Lipinski definition) is 1. The molecule has 0 aromatic heterocycles. The standard InChI is InChI=1S/C18H20ClNO/c1-12(2)16-6-4-5-13(3)18(16)20-17(21)11-14-7-9-15(19)10-8-14/h4-10,12H,11H2,1-3H3,(H,20,21). The molecule has 0 spiro atoms. The molecule has 0 atom stereocenters. The average molecular weight is 302 g/mol. The lowest BCUT2D eigenvalue weighted by molar-refractivity contribution is -0.115. The van der Waals surface area contributed by atoms with Crippen molar-refractivity contribution in [2.24, 2.45) is 0 Å². The highest BCUT2D eigenvalue weighted by molar-refractivity contribution is 6.30. The number of anilines is 1. The Kier molecular flexibility index (Phi) is 5.03. The second kappa shape index (κ2) is 6.77. The Morgan fingerprint density at radius 2 is 1.81 bits per heavy atom. The van der Waals surface area contributed by atoms with E-state index < -0.39 is 0 Å². The summed E-state index contributed by atoms with van der Waals surface area (Å²) >= 11 is 5.85. The van der Waals surface area contributed by atoms with E-state index in [1.165, 1.54) is 5.56 Å². The summed E-state index contributed by atoms with van der Waals surface area (Å²) < 4.78 is 0. The Bertz CT molecular complexity index is 632. The van der Waals surface area contributed by atoms with E-state index >= 15 is 0 Å². The molecule has 0 bridgehead atoms. The van der Waals surface area contributed by atoms with Crippen LogP contribution in [0.15, 0.2) is 42.5 Å². The molecular weight excluding hydrogens is 282 g/mol. The molecule has 3 heteroatoms. The van der Waals surface area contributed by atoms with E-state index in [2.05, 4.69) is 25.2 Å². The molecule has 0 saturated heterocycles. The Labute approximate surface area is 131 Å². The molecule has 0 aliphatic carbocycles. The van der Waals surface area contributed by atoms with E-state index in [0.717, 1.165) is 16.8 Å². The van der Waals surface area contributed by atoms with E-state index in [1.54, 1.807) is 12.1 Å². The summed E-state index contributed by atoms with van der Waals surface area (Å²) in [5, 5.41) is 3.73. The summed E-state index contributed by atoms with van der Waals surface area (Å²) in [4.78, 5) is 12.2. The summed E-state index contributed by atoms with van der Waals surface area (Å²) in [5.41, 5.74) is 4.15. The zero-order chi connectivity index (χ0) is 15.4. The maximum atomic E-state index is 12.2. The summed E-state index contributed by atoms with van der Waals surface area (Å²) in [6.07, 6.45) is 0.350. The lowest BCUT2D eigenvalue weighted by Gasteiger charge is -2.16. The maximum absolute atomic E-state index is 12.2. The Morgan fingerprint density at radius 1 is 1.14 bits per heavy atom. The van der Waals surface area contributed by atoms with Crippen LogP contribution in [0.3, 0.4) is 0 Å². The first-order valence-corrected chi connectivity index (χ1v) is 7.49. The monoisotopic (exact) mass is 301 g/mol. The number of para-hydroxylation sites is 1. The number of halogens is 1. The number of benzene rings is 2. The molecular formula is C18H20ClNO. The molecule has 110 valence electrons. The molecule has 0 aliphatic rings. The number of amides is 1. The molecule has 0 unspecified atom stereocenters. The first kappa shape index (κ1) is 15.6. The van der Waals surface area contributed by atoms with Crippen LogP contribution in [-0.4, -0.2) is 5.91 Å². The largest absolute Gasteiger partial charge is 0.325 e. The van der Waals surface area contributed by atoms with Gasteiger partial charge < -0.3 is 5.32 Å². The quantitative estimate of drug-likeness (QED) is 0.850.